The molecule has 0 aliphatic heterocycles. The second kappa shape index (κ2) is 11.7. The maximum atomic E-state index is 12.9. The van der Waals surface area contributed by atoms with Gasteiger partial charge < -0.3 is 31.3 Å². The summed E-state index contributed by atoms with van der Waals surface area (Å²) in [6, 6.07) is 21.4. The lowest BCUT2D eigenvalue weighted by Gasteiger charge is -2.23. The SMILES string of the molecule is CN(C)c1ccc(NC(=O)N(CCCO)Cc2ccc(C(=O)Nc3ccccc3N)cc2)cc1. The summed E-state index contributed by atoms with van der Waals surface area (Å²) in [5.74, 6) is -0.263. The number of carbonyl (C=O) groups is 2. The van der Waals surface area contributed by atoms with Crippen molar-refractivity contribution >= 4 is 34.7 Å². The number of hydrogen-bond acceptors (Lipinski definition) is 5. The van der Waals surface area contributed by atoms with Gasteiger partial charge in [-0.15, -0.1) is 0 Å². The summed E-state index contributed by atoms with van der Waals surface area (Å²) in [7, 11) is 3.91. The van der Waals surface area contributed by atoms with Crippen LogP contribution in [0, 0.1) is 0 Å². The minimum Gasteiger partial charge on any atom is -0.397 e. The van der Waals surface area contributed by atoms with Crippen LogP contribution in [0.15, 0.2) is 72.8 Å². The smallest absolute Gasteiger partial charge is 0.322 e. The first kappa shape index (κ1) is 24.6. The third-order valence-corrected chi connectivity index (χ3v) is 5.31. The molecule has 3 aromatic carbocycles. The van der Waals surface area contributed by atoms with E-state index in [2.05, 4.69) is 10.6 Å². The summed E-state index contributed by atoms with van der Waals surface area (Å²) in [5, 5.41) is 15.0. The van der Waals surface area contributed by atoms with Crippen LogP contribution >= 0.6 is 0 Å². The van der Waals surface area contributed by atoms with Gasteiger partial charge in [-0.25, -0.2) is 4.79 Å². The van der Waals surface area contributed by atoms with E-state index in [-0.39, 0.29) is 18.5 Å². The molecule has 0 bridgehead atoms. The lowest BCUT2D eigenvalue weighted by atomic mass is 10.1. The molecule has 0 atom stereocenters. The number of aliphatic hydroxyl groups is 1. The zero-order chi connectivity index (χ0) is 24.5. The van der Waals surface area contributed by atoms with Gasteiger partial charge in [0, 0.05) is 50.7 Å². The van der Waals surface area contributed by atoms with Crippen molar-refractivity contribution in [3.63, 3.8) is 0 Å². The van der Waals surface area contributed by atoms with Crippen molar-refractivity contribution < 1.29 is 14.7 Å². The van der Waals surface area contributed by atoms with Gasteiger partial charge in [0.05, 0.1) is 11.4 Å². The van der Waals surface area contributed by atoms with Crippen LogP contribution in [0.2, 0.25) is 0 Å². The van der Waals surface area contributed by atoms with Gasteiger partial charge in [0.1, 0.15) is 0 Å². The average molecular weight is 462 g/mol. The Labute approximate surface area is 200 Å². The number of carbonyl (C=O) groups excluding carboxylic acids is 2. The van der Waals surface area contributed by atoms with E-state index in [0.29, 0.717) is 42.1 Å². The highest BCUT2D eigenvalue weighted by molar-refractivity contribution is 6.05. The number of anilines is 4. The lowest BCUT2D eigenvalue weighted by molar-refractivity contribution is 0.102. The highest BCUT2D eigenvalue weighted by atomic mass is 16.3. The van der Waals surface area contributed by atoms with Crippen molar-refractivity contribution in [2.75, 3.05) is 48.5 Å². The Kier molecular flexibility index (Phi) is 8.48. The molecule has 0 radical (unpaired) electrons. The van der Waals surface area contributed by atoms with E-state index < -0.39 is 0 Å². The van der Waals surface area contributed by atoms with Crippen LogP contribution in [0.3, 0.4) is 0 Å². The molecular weight excluding hydrogens is 430 g/mol. The first-order chi connectivity index (χ1) is 16.4. The Bertz CT molecular complexity index is 1100. The summed E-state index contributed by atoms with van der Waals surface area (Å²) >= 11 is 0. The number of nitrogens with one attached hydrogen (secondary N) is 2. The molecule has 0 heterocycles. The zero-order valence-electron chi connectivity index (χ0n) is 19.5. The molecule has 0 aliphatic carbocycles. The highest BCUT2D eigenvalue weighted by Crippen LogP contribution is 2.19. The molecule has 8 nitrogen and oxygen atoms in total. The van der Waals surface area contributed by atoms with E-state index in [9.17, 15) is 14.7 Å². The van der Waals surface area contributed by atoms with E-state index in [4.69, 9.17) is 5.73 Å². The maximum absolute atomic E-state index is 12.9. The fourth-order valence-electron chi connectivity index (χ4n) is 3.35. The molecule has 0 saturated carbocycles. The molecular formula is C26H31N5O3. The normalized spacial score (nSPS) is 10.4. The van der Waals surface area contributed by atoms with Crippen LogP contribution in [-0.2, 0) is 6.54 Å². The topological polar surface area (TPSA) is 111 Å². The largest absolute Gasteiger partial charge is 0.397 e. The molecule has 34 heavy (non-hydrogen) atoms. The van der Waals surface area contributed by atoms with Crippen molar-refractivity contribution in [3.05, 3.63) is 83.9 Å². The van der Waals surface area contributed by atoms with E-state index in [0.717, 1.165) is 11.3 Å². The molecule has 0 aromatic heterocycles. The summed E-state index contributed by atoms with van der Waals surface area (Å²) in [6.45, 7) is 0.728. The molecule has 0 fully saturated rings. The van der Waals surface area contributed by atoms with E-state index in [1.54, 1.807) is 41.3 Å². The standard InChI is InChI=1S/C26H31N5O3/c1-30(2)22-14-12-21(13-15-22)28-26(34)31(16-5-17-32)18-19-8-10-20(11-9-19)25(33)29-24-7-4-3-6-23(24)27/h3-4,6-15,32H,5,16-18,27H2,1-2H3,(H,28,34)(H,29,33). The minimum absolute atomic E-state index is 0.0109. The molecule has 0 aliphatic rings. The van der Waals surface area contributed by atoms with Gasteiger partial charge in [0.25, 0.3) is 5.91 Å². The third-order valence-electron chi connectivity index (χ3n) is 5.31. The van der Waals surface area contributed by atoms with Gasteiger partial charge >= 0.3 is 6.03 Å². The van der Waals surface area contributed by atoms with Gasteiger partial charge in [-0.1, -0.05) is 24.3 Å². The number of hydrogen-bond donors (Lipinski definition) is 4. The monoisotopic (exact) mass is 461 g/mol. The van der Waals surface area contributed by atoms with Gasteiger partial charge in [0.2, 0.25) is 0 Å². The quantitative estimate of drug-likeness (QED) is 0.360. The van der Waals surface area contributed by atoms with Crippen LogP contribution < -0.4 is 21.3 Å². The van der Waals surface area contributed by atoms with Gasteiger partial charge in [-0.2, -0.15) is 0 Å². The summed E-state index contributed by atoms with van der Waals surface area (Å²) < 4.78 is 0. The van der Waals surface area contributed by atoms with Crippen molar-refractivity contribution in [2.45, 2.75) is 13.0 Å². The molecule has 178 valence electrons. The first-order valence-corrected chi connectivity index (χ1v) is 11.1. The number of rotatable bonds is 9. The van der Waals surface area contributed by atoms with Crippen LogP contribution in [0.1, 0.15) is 22.3 Å². The summed E-state index contributed by atoms with van der Waals surface area (Å²) in [6.07, 6.45) is 0.464. The van der Waals surface area contributed by atoms with E-state index >= 15 is 0 Å². The molecule has 8 heteroatoms. The summed E-state index contributed by atoms with van der Waals surface area (Å²) in [4.78, 5) is 29.1. The van der Waals surface area contributed by atoms with Crippen molar-refractivity contribution in [1.82, 2.24) is 4.90 Å². The number of nitrogens with two attached hydrogens (primary N) is 1. The van der Waals surface area contributed by atoms with E-state index in [1.807, 2.05) is 55.4 Å². The van der Waals surface area contributed by atoms with Crippen molar-refractivity contribution in [1.29, 1.82) is 0 Å². The fraction of sp³-hybridized carbons (Fsp3) is 0.231. The number of benzene rings is 3. The number of amides is 3. The zero-order valence-corrected chi connectivity index (χ0v) is 19.5. The Hall–Kier alpha value is -4.04. The van der Waals surface area contributed by atoms with Crippen LogP contribution in [0.5, 0.6) is 0 Å². The van der Waals surface area contributed by atoms with Crippen molar-refractivity contribution in [3.8, 4) is 0 Å². The minimum atomic E-state index is -0.263. The molecule has 5 N–H and O–H groups in total. The molecule has 3 amide bonds. The average Bonchev–Trinajstić information content (AvgIpc) is 2.83. The third kappa shape index (κ3) is 6.73. The number of nitrogens with zero attached hydrogens (tertiary/aromatic N) is 2. The van der Waals surface area contributed by atoms with Crippen molar-refractivity contribution in [2.24, 2.45) is 0 Å². The molecule has 0 spiro atoms. The van der Waals surface area contributed by atoms with Crippen LogP contribution in [0.4, 0.5) is 27.5 Å². The van der Waals surface area contributed by atoms with Gasteiger partial charge in [-0.3, -0.25) is 4.79 Å². The highest BCUT2D eigenvalue weighted by Gasteiger charge is 2.15. The molecule has 3 aromatic rings. The number of aliphatic hydroxyl groups excluding tert-OH is 1. The molecule has 0 saturated heterocycles. The number of nitrogen functional groups attached to an aromatic ring is 1. The Morgan fingerprint density at radius 2 is 1.59 bits per heavy atom. The van der Waals surface area contributed by atoms with Crippen LogP contribution in [0.25, 0.3) is 0 Å². The first-order valence-electron chi connectivity index (χ1n) is 11.1. The van der Waals surface area contributed by atoms with E-state index in [1.165, 1.54) is 0 Å². The second-order valence-electron chi connectivity index (χ2n) is 8.11. The predicted octanol–water partition coefficient (Wildman–Crippen LogP) is 4.00. The Morgan fingerprint density at radius 1 is 0.912 bits per heavy atom. The predicted molar refractivity (Wildman–Crippen MR) is 137 cm³/mol. The van der Waals surface area contributed by atoms with Crippen LogP contribution in [-0.4, -0.2) is 49.2 Å². The Morgan fingerprint density at radius 3 is 2.21 bits per heavy atom. The summed E-state index contributed by atoms with van der Waals surface area (Å²) in [5.41, 5.74) is 10.0. The lowest BCUT2D eigenvalue weighted by Crippen LogP contribution is -2.35. The maximum Gasteiger partial charge on any atom is 0.322 e. The number of para-hydroxylation sites is 2. The Balaban J connectivity index is 1.65. The second-order valence-corrected chi connectivity index (χ2v) is 8.11. The van der Waals surface area contributed by atoms with Gasteiger partial charge in [0.15, 0.2) is 0 Å². The van der Waals surface area contributed by atoms with Gasteiger partial charge in [-0.05, 0) is 60.5 Å². The number of urea groups is 1. The molecule has 3 rings (SSSR count). The fourth-order valence-corrected chi connectivity index (χ4v) is 3.35. The molecule has 0 unspecified atom stereocenters.